The molecule has 30 heavy (non-hydrogen) atoms. The van der Waals surface area contributed by atoms with Crippen LogP contribution in [0.25, 0.3) is 0 Å². The SMILES string of the molecule is COc1ccc([C@@H]2CC(=O)C3=C(C2)Nc2onc(C)c2[C@H]3c2ccc(C)cc2)cc1. The number of fused-ring (bicyclic) bond motifs is 1. The Bertz CT molecular complexity index is 1140. The van der Waals surface area contributed by atoms with Gasteiger partial charge in [0.05, 0.1) is 18.4 Å². The number of carbonyl (C=O) groups excluding carboxylic acids is 1. The number of ketones is 1. The Kier molecular flexibility index (Phi) is 4.46. The molecule has 0 bridgehead atoms. The predicted octanol–water partition coefficient (Wildman–Crippen LogP) is 5.26. The topological polar surface area (TPSA) is 64.4 Å². The molecule has 5 heteroatoms. The minimum atomic E-state index is -0.146. The van der Waals surface area contributed by atoms with Crippen LogP contribution in [0.1, 0.15) is 52.6 Å². The third-order valence-corrected chi connectivity index (χ3v) is 6.26. The Labute approximate surface area is 175 Å². The molecule has 2 heterocycles. The first-order chi connectivity index (χ1) is 14.5. The lowest BCUT2D eigenvalue weighted by Crippen LogP contribution is -2.29. The summed E-state index contributed by atoms with van der Waals surface area (Å²) in [5.74, 6) is 1.63. The van der Waals surface area contributed by atoms with Crippen molar-refractivity contribution < 1.29 is 14.1 Å². The van der Waals surface area contributed by atoms with Crippen LogP contribution in [0.2, 0.25) is 0 Å². The van der Waals surface area contributed by atoms with Crippen LogP contribution in [0, 0.1) is 13.8 Å². The number of aryl methyl sites for hydroxylation is 2. The number of rotatable bonds is 3. The molecule has 152 valence electrons. The Balaban J connectivity index is 1.58. The average Bonchev–Trinajstić information content (AvgIpc) is 3.13. The molecule has 0 unspecified atom stereocenters. The summed E-state index contributed by atoms with van der Waals surface area (Å²) in [7, 11) is 1.66. The summed E-state index contributed by atoms with van der Waals surface area (Å²) in [5.41, 5.74) is 7.01. The summed E-state index contributed by atoms with van der Waals surface area (Å²) >= 11 is 0. The number of benzene rings is 2. The van der Waals surface area contributed by atoms with Gasteiger partial charge in [-0.2, -0.15) is 0 Å². The van der Waals surface area contributed by atoms with E-state index >= 15 is 0 Å². The second-order valence-corrected chi connectivity index (χ2v) is 8.17. The molecule has 5 nitrogen and oxygen atoms in total. The third kappa shape index (κ3) is 3.02. The summed E-state index contributed by atoms with van der Waals surface area (Å²) in [6, 6.07) is 16.4. The van der Waals surface area contributed by atoms with Crippen molar-refractivity contribution in [2.24, 2.45) is 0 Å². The van der Waals surface area contributed by atoms with Crippen LogP contribution >= 0.6 is 0 Å². The van der Waals surface area contributed by atoms with Crippen molar-refractivity contribution in [2.45, 2.75) is 38.5 Å². The molecule has 2 aromatic carbocycles. The fourth-order valence-corrected chi connectivity index (χ4v) is 4.68. The average molecular weight is 400 g/mol. The smallest absolute Gasteiger partial charge is 0.233 e. The van der Waals surface area contributed by atoms with E-state index in [2.05, 4.69) is 41.7 Å². The van der Waals surface area contributed by atoms with Crippen molar-refractivity contribution in [3.63, 3.8) is 0 Å². The molecule has 1 N–H and O–H groups in total. The zero-order valence-corrected chi connectivity index (χ0v) is 17.4. The summed E-state index contributed by atoms with van der Waals surface area (Å²) in [6.45, 7) is 4.00. The second kappa shape index (κ2) is 7.17. The molecule has 1 aromatic heterocycles. The highest BCUT2D eigenvalue weighted by Crippen LogP contribution is 2.49. The Morgan fingerprint density at radius 3 is 2.40 bits per heavy atom. The normalized spacial score (nSPS) is 20.4. The maximum Gasteiger partial charge on any atom is 0.233 e. The molecule has 1 aliphatic heterocycles. The quantitative estimate of drug-likeness (QED) is 0.650. The fourth-order valence-electron chi connectivity index (χ4n) is 4.68. The molecule has 1 aliphatic carbocycles. The number of Topliss-reactive ketones (excluding diaryl/α,β-unsaturated/α-hetero) is 1. The Morgan fingerprint density at radius 1 is 1.00 bits per heavy atom. The number of carbonyl (C=O) groups is 1. The van der Waals surface area contributed by atoms with Gasteiger partial charge in [0.1, 0.15) is 5.75 Å². The number of allylic oxidation sites excluding steroid dienone is 2. The highest BCUT2D eigenvalue weighted by atomic mass is 16.5. The maximum atomic E-state index is 13.5. The molecule has 5 rings (SSSR count). The standard InChI is InChI=1S/C25H24N2O3/c1-14-4-6-17(7-5-14)23-22-15(2)27-30-25(22)26-20-12-18(13-21(28)24(20)23)16-8-10-19(29-3)11-9-16/h4-11,18,23,26H,12-13H2,1-3H3/t18-,23+/m0/s1. The first-order valence-corrected chi connectivity index (χ1v) is 10.2. The number of nitrogens with one attached hydrogen (secondary N) is 1. The molecule has 0 saturated carbocycles. The fraction of sp³-hybridized carbons (Fsp3) is 0.280. The minimum absolute atomic E-state index is 0.124. The van der Waals surface area contributed by atoms with Crippen LogP contribution in [0.4, 0.5) is 5.88 Å². The lowest BCUT2D eigenvalue weighted by Gasteiger charge is -2.34. The van der Waals surface area contributed by atoms with Gasteiger partial charge in [0.2, 0.25) is 5.88 Å². The third-order valence-electron chi connectivity index (χ3n) is 6.26. The summed E-state index contributed by atoms with van der Waals surface area (Å²) in [6.07, 6.45) is 1.25. The van der Waals surface area contributed by atoms with E-state index in [1.54, 1.807) is 7.11 Å². The van der Waals surface area contributed by atoms with Gasteiger partial charge in [0, 0.05) is 23.6 Å². The van der Waals surface area contributed by atoms with Crippen LogP contribution < -0.4 is 10.1 Å². The lowest BCUT2D eigenvalue weighted by molar-refractivity contribution is -0.116. The lowest BCUT2D eigenvalue weighted by atomic mass is 9.72. The molecule has 2 aliphatic rings. The zero-order chi connectivity index (χ0) is 20.8. The second-order valence-electron chi connectivity index (χ2n) is 8.17. The minimum Gasteiger partial charge on any atom is -0.497 e. The van der Waals surface area contributed by atoms with E-state index in [-0.39, 0.29) is 17.6 Å². The van der Waals surface area contributed by atoms with Crippen LogP contribution in [-0.4, -0.2) is 18.0 Å². The maximum absolute atomic E-state index is 13.5. The Hall–Kier alpha value is -3.34. The number of aromatic nitrogens is 1. The first kappa shape index (κ1) is 18.7. The first-order valence-electron chi connectivity index (χ1n) is 10.2. The van der Waals surface area contributed by atoms with Crippen molar-refractivity contribution >= 4 is 11.7 Å². The molecule has 0 saturated heterocycles. The van der Waals surface area contributed by atoms with Crippen molar-refractivity contribution in [1.29, 1.82) is 0 Å². The van der Waals surface area contributed by atoms with Crippen molar-refractivity contribution in [3.05, 3.63) is 87.7 Å². The van der Waals surface area contributed by atoms with Crippen molar-refractivity contribution in [1.82, 2.24) is 5.16 Å². The molecule has 3 aromatic rings. The zero-order valence-electron chi connectivity index (χ0n) is 17.4. The molecule has 0 fully saturated rings. The van der Waals surface area contributed by atoms with Crippen molar-refractivity contribution in [3.8, 4) is 5.75 Å². The number of nitrogens with zero attached hydrogens (tertiary/aromatic N) is 1. The number of methoxy groups -OCH3 is 1. The predicted molar refractivity (Wildman–Crippen MR) is 115 cm³/mol. The molecule has 0 spiro atoms. The van der Waals surface area contributed by atoms with Gasteiger partial charge in [-0.15, -0.1) is 0 Å². The highest BCUT2D eigenvalue weighted by molar-refractivity contribution is 6.01. The van der Waals surface area contributed by atoms with Gasteiger partial charge >= 0.3 is 0 Å². The van der Waals surface area contributed by atoms with E-state index in [1.165, 1.54) is 5.56 Å². The monoisotopic (exact) mass is 400 g/mol. The largest absolute Gasteiger partial charge is 0.497 e. The van der Waals surface area contributed by atoms with E-state index in [0.29, 0.717) is 12.3 Å². The Morgan fingerprint density at radius 2 is 1.70 bits per heavy atom. The number of ether oxygens (including phenoxy) is 1. The van der Waals surface area contributed by atoms with Crippen LogP contribution in [0.5, 0.6) is 5.75 Å². The number of hydrogen-bond acceptors (Lipinski definition) is 5. The number of anilines is 1. The molecular weight excluding hydrogens is 376 g/mol. The molecule has 0 amide bonds. The van der Waals surface area contributed by atoms with E-state index in [4.69, 9.17) is 9.26 Å². The van der Waals surface area contributed by atoms with Gasteiger partial charge < -0.3 is 14.6 Å². The van der Waals surface area contributed by atoms with E-state index < -0.39 is 0 Å². The van der Waals surface area contributed by atoms with Gasteiger partial charge in [-0.3, -0.25) is 4.79 Å². The van der Waals surface area contributed by atoms with Gasteiger partial charge in [0.15, 0.2) is 5.78 Å². The van der Waals surface area contributed by atoms with Gasteiger partial charge in [-0.25, -0.2) is 0 Å². The van der Waals surface area contributed by atoms with Crippen molar-refractivity contribution in [2.75, 3.05) is 12.4 Å². The van der Waals surface area contributed by atoms with Gasteiger partial charge in [-0.1, -0.05) is 47.1 Å². The molecule has 2 atom stereocenters. The van der Waals surface area contributed by atoms with Crippen LogP contribution in [-0.2, 0) is 4.79 Å². The van der Waals surface area contributed by atoms with Gasteiger partial charge in [-0.05, 0) is 49.4 Å². The van der Waals surface area contributed by atoms with E-state index in [1.807, 2.05) is 31.2 Å². The molecule has 0 radical (unpaired) electrons. The van der Waals surface area contributed by atoms with Crippen LogP contribution in [0.15, 0.2) is 64.3 Å². The summed E-state index contributed by atoms with van der Waals surface area (Å²) in [5, 5.41) is 7.57. The van der Waals surface area contributed by atoms with Gasteiger partial charge in [0.25, 0.3) is 0 Å². The van der Waals surface area contributed by atoms with E-state index in [9.17, 15) is 4.79 Å². The molecular formula is C25H24N2O3. The van der Waals surface area contributed by atoms with Crippen LogP contribution in [0.3, 0.4) is 0 Å². The summed E-state index contributed by atoms with van der Waals surface area (Å²) < 4.78 is 10.9. The summed E-state index contributed by atoms with van der Waals surface area (Å²) in [4.78, 5) is 13.5. The highest BCUT2D eigenvalue weighted by Gasteiger charge is 2.41. The van der Waals surface area contributed by atoms with E-state index in [0.717, 1.165) is 45.8 Å². The number of hydrogen-bond donors (Lipinski definition) is 1.